The van der Waals surface area contributed by atoms with Gasteiger partial charge in [0.25, 0.3) is 0 Å². The average molecular weight is 478 g/mol. The number of ether oxygens (including phenoxy) is 3. The van der Waals surface area contributed by atoms with E-state index in [2.05, 4.69) is 13.0 Å². The van der Waals surface area contributed by atoms with E-state index in [-0.39, 0.29) is 5.97 Å². The maximum absolute atomic E-state index is 12.4. The Kier molecular flexibility index (Phi) is 13.4. The van der Waals surface area contributed by atoms with E-state index in [9.17, 15) is 9.59 Å². The Hall–Kier alpha value is -3.59. The summed E-state index contributed by atoms with van der Waals surface area (Å²) >= 11 is 0. The topological polar surface area (TPSA) is 85.6 Å². The maximum Gasteiger partial charge on any atom is 0.343 e. The minimum atomic E-state index is -0.474. The van der Waals surface area contributed by atoms with Crippen molar-refractivity contribution in [2.75, 3.05) is 13.2 Å². The molecule has 0 saturated carbocycles. The van der Waals surface area contributed by atoms with Gasteiger partial charge in [0.15, 0.2) is 0 Å². The number of nitrogens with zero attached hydrogens (tertiary/aromatic N) is 1. The standard InChI is InChI=1S/C29H35NO5/c1-2-3-4-5-6-7-9-23-34-28(31)20-13-24-11-16-27(17-12-24)35-29(32)25-14-18-26(19-15-25)33-22-10-8-21-30/h11-20H,2-10,22-23H2,1H3/b20-13+. The van der Waals surface area contributed by atoms with Crippen LogP contribution >= 0.6 is 0 Å². The lowest BCUT2D eigenvalue weighted by Crippen LogP contribution is -2.08. The van der Waals surface area contributed by atoms with Gasteiger partial charge in [-0.05, 0) is 60.9 Å². The van der Waals surface area contributed by atoms with Gasteiger partial charge in [0.05, 0.1) is 24.8 Å². The van der Waals surface area contributed by atoms with E-state index in [1.54, 1.807) is 54.6 Å². The minimum absolute atomic E-state index is 0.357. The molecule has 0 bridgehead atoms. The molecule has 6 nitrogen and oxygen atoms in total. The summed E-state index contributed by atoms with van der Waals surface area (Å²) < 4.78 is 16.2. The fraction of sp³-hybridized carbons (Fsp3) is 0.414. The molecule has 0 saturated heterocycles. The lowest BCUT2D eigenvalue weighted by Gasteiger charge is -2.07. The average Bonchev–Trinajstić information content (AvgIpc) is 2.88. The van der Waals surface area contributed by atoms with Crippen LogP contribution in [-0.4, -0.2) is 25.2 Å². The largest absolute Gasteiger partial charge is 0.494 e. The molecule has 2 aromatic carbocycles. The van der Waals surface area contributed by atoms with Crippen molar-refractivity contribution in [2.45, 2.75) is 64.7 Å². The van der Waals surface area contributed by atoms with Crippen molar-refractivity contribution in [1.82, 2.24) is 0 Å². The molecule has 186 valence electrons. The minimum Gasteiger partial charge on any atom is -0.494 e. The van der Waals surface area contributed by atoms with Crippen LogP contribution in [0, 0.1) is 11.3 Å². The molecule has 0 aromatic heterocycles. The Labute approximate surface area is 208 Å². The molecular weight excluding hydrogens is 442 g/mol. The van der Waals surface area contributed by atoms with Gasteiger partial charge in [0, 0.05) is 12.5 Å². The van der Waals surface area contributed by atoms with Crippen molar-refractivity contribution in [1.29, 1.82) is 5.26 Å². The molecule has 0 spiro atoms. The monoisotopic (exact) mass is 477 g/mol. The fourth-order valence-corrected chi connectivity index (χ4v) is 3.29. The third kappa shape index (κ3) is 11.9. The van der Waals surface area contributed by atoms with Crippen molar-refractivity contribution >= 4 is 18.0 Å². The molecule has 0 amide bonds. The highest BCUT2D eigenvalue weighted by Crippen LogP contribution is 2.17. The van der Waals surface area contributed by atoms with Crippen LogP contribution in [0.3, 0.4) is 0 Å². The number of nitriles is 1. The molecule has 35 heavy (non-hydrogen) atoms. The third-order valence-electron chi connectivity index (χ3n) is 5.29. The summed E-state index contributed by atoms with van der Waals surface area (Å²) in [5.41, 5.74) is 1.21. The van der Waals surface area contributed by atoms with Gasteiger partial charge in [-0.15, -0.1) is 0 Å². The molecular formula is C29H35NO5. The van der Waals surface area contributed by atoms with Gasteiger partial charge in [0.1, 0.15) is 11.5 Å². The van der Waals surface area contributed by atoms with E-state index >= 15 is 0 Å². The SMILES string of the molecule is CCCCCCCCCOC(=O)/C=C/c1ccc(OC(=O)c2ccc(OCCCC#N)cc2)cc1. The van der Waals surface area contributed by atoms with Gasteiger partial charge in [-0.25, -0.2) is 9.59 Å². The zero-order valence-corrected chi connectivity index (χ0v) is 20.5. The van der Waals surface area contributed by atoms with Crippen molar-refractivity contribution in [3.05, 3.63) is 65.7 Å². The van der Waals surface area contributed by atoms with Gasteiger partial charge < -0.3 is 14.2 Å². The van der Waals surface area contributed by atoms with Crippen LogP contribution in [0.4, 0.5) is 0 Å². The molecule has 0 radical (unpaired) electrons. The highest BCUT2D eigenvalue weighted by molar-refractivity contribution is 5.91. The summed E-state index contributed by atoms with van der Waals surface area (Å²) in [6, 6.07) is 15.6. The van der Waals surface area contributed by atoms with Gasteiger partial charge in [-0.1, -0.05) is 57.6 Å². The second-order valence-corrected chi connectivity index (χ2v) is 8.22. The first-order valence-electron chi connectivity index (χ1n) is 12.4. The molecule has 0 aliphatic rings. The quantitative estimate of drug-likeness (QED) is 0.113. The van der Waals surface area contributed by atoms with Gasteiger partial charge >= 0.3 is 11.9 Å². The maximum atomic E-state index is 12.4. The first kappa shape index (κ1) is 27.7. The molecule has 0 heterocycles. The van der Waals surface area contributed by atoms with E-state index < -0.39 is 5.97 Å². The van der Waals surface area contributed by atoms with Crippen LogP contribution in [0.15, 0.2) is 54.6 Å². The highest BCUT2D eigenvalue weighted by atomic mass is 16.5. The lowest BCUT2D eigenvalue weighted by molar-refractivity contribution is -0.137. The number of carbonyl (C=O) groups is 2. The first-order chi connectivity index (χ1) is 17.1. The fourth-order valence-electron chi connectivity index (χ4n) is 3.29. The molecule has 6 heteroatoms. The van der Waals surface area contributed by atoms with Crippen LogP contribution in [0.2, 0.25) is 0 Å². The van der Waals surface area contributed by atoms with E-state index in [1.807, 2.05) is 0 Å². The number of carbonyl (C=O) groups excluding carboxylic acids is 2. The van der Waals surface area contributed by atoms with E-state index in [0.717, 1.165) is 18.4 Å². The third-order valence-corrected chi connectivity index (χ3v) is 5.29. The second-order valence-electron chi connectivity index (χ2n) is 8.22. The highest BCUT2D eigenvalue weighted by Gasteiger charge is 2.09. The molecule has 0 atom stereocenters. The Bertz CT molecular complexity index is 958. The lowest BCUT2D eigenvalue weighted by atomic mass is 10.1. The molecule has 0 N–H and O–H groups in total. The first-order valence-corrected chi connectivity index (χ1v) is 12.4. The summed E-state index contributed by atoms with van der Waals surface area (Å²) in [4.78, 5) is 24.2. The van der Waals surface area contributed by atoms with Crippen molar-refractivity contribution in [2.24, 2.45) is 0 Å². The van der Waals surface area contributed by atoms with Crippen molar-refractivity contribution in [3.63, 3.8) is 0 Å². The van der Waals surface area contributed by atoms with Crippen LogP contribution in [-0.2, 0) is 9.53 Å². The van der Waals surface area contributed by atoms with Crippen LogP contribution in [0.5, 0.6) is 11.5 Å². The van der Waals surface area contributed by atoms with Crippen LogP contribution in [0.25, 0.3) is 6.08 Å². The zero-order valence-electron chi connectivity index (χ0n) is 20.5. The normalized spacial score (nSPS) is 10.6. The van der Waals surface area contributed by atoms with E-state index in [1.165, 1.54) is 38.2 Å². The second kappa shape index (κ2) is 16.9. The Morgan fingerprint density at radius 1 is 0.829 bits per heavy atom. The van der Waals surface area contributed by atoms with E-state index in [0.29, 0.717) is 43.1 Å². The zero-order chi connectivity index (χ0) is 25.1. The summed E-state index contributed by atoms with van der Waals surface area (Å²) in [5.74, 6) is 0.212. The van der Waals surface area contributed by atoms with Crippen LogP contribution < -0.4 is 9.47 Å². The number of esters is 2. The van der Waals surface area contributed by atoms with Gasteiger partial charge in [0.2, 0.25) is 0 Å². The van der Waals surface area contributed by atoms with Crippen molar-refractivity contribution in [3.8, 4) is 17.6 Å². The molecule has 0 aliphatic heterocycles. The molecule has 0 aliphatic carbocycles. The van der Waals surface area contributed by atoms with Gasteiger partial charge in [-0.3, -0.25) is 0 Å². The summed E-state index contributed by atoms with van der Waals surface area (Å²) in [7, 11) is 0. The number of hydrogen-bond donors (Lipinski definition) is 0. The summed E-state index contributed by atoms with van der Waals surface area (Å²) in [6.07, 6.45) is 12.4. The Morgan fingerprint density at radius 2 is 1.49 bits per heavy atom. The van der Waals surface area contributed by atoms with Crippen molar-refractivity contribution < 1.29 is 23.8 Å². The molecule has 2 rings (SSSR count). The van der Waals surface area contributed by atoms with Gasteiger partial charge in [-0.2, -0.15) is 5.26 Å². The molecule has 0 unspecified atom stereocenters. The number of benzene rings is 2. The predicted molar refractivity (Wildman–Crippen MR) is 136 cm³/mol. The van der Waals surface area contributed by atoms with Crippen LogP contribution in [0.1, 0.15) is 80.6 Å². The Balaban J connectivity index is 1.70. The number of rotatable bonds is 16. The smallest absolute Gasteiger partial charge is 0.343 e. The summed E-state index contributed by atoms with van der Waals surface area (Å²) in [5, 5.41) is 8.53. The molecule has 2 aromatic rings. The van der Waals surface area contributed by atoms with E-state index in [4.69, 9.17) is 19.5 Å². The molecule has 0 fully saturated rings. The Morgan fingerprint density at radius 3 is 2.17 bits per heavy atom. The predicted octanol–water partition coefficient (Wildman–Crippen LogP) is 6.90. The summed E-state index contributed by atoms with van der Waals surface area (Å²) in [6.45, 7) is 3.10. The number of hydrogen-bond acceptors (Lipinski definition) is 6. The number of unbranched alkanes of at least 4 members (excludes halogenated alkanes) is 7.